The van der Waals surface area contributed by atoms with Crippen LogP contribution >= 0.6 is 0 Å². The second kappa shape index (κ2) is 5.23. The summed E-state index contributed by atoms with van der Waals surface area (Å²) in [5.74, 6) is -1.08. The molecule has 1 saturated heterocycles. The van der Waals surface area contributed by atoms with Crippen molar-refractivity contribution in [3.8, 4) is 0 Å². The molecule has 0 bridgehead atoms. The lowest BCUT2D eigenvalue weighted by Gasteiger charge is -2.45. The van der Waals surface area contributed by atoms with E-state index in [1.54, 1.807) is 0 Å². The van der Waals surface area contributed by atoms with Crippen LogP contribution in [0.3, 0.4) is 0 Å². The average molecular weight is 280 g/mol. The van der Waals surface area contributed by atoms with Crippen molar-refractivity contribution < 1.29 is 8.78 Å². The average Bonchev–Trinajstić information content (AvgIpc) is 2.41. The Balaban J connectivity index is 1.75. The standard InChI is InChI=1S/C16H22F2N2/c17-13-10-12(19)11-14(18)15(13)20-8-6-16(7-9-20)4-2-1-3-5-16/h10-11H,1-9,19H2. The highest BCUT2D eigenvalue weighted by atomic mass is 19.1. The molecule has 0 amide bonds. The van der Waals surface area contributed by atoms with Crippen molar-refractivity contribution in [1.82, 2.24) is 0 Å². The van der Waals surface area contributed by atoms with E-state index >= 15 is 0 Å². The van der Waals surface area contributed by atoms with Gasteiger partial charge in [-0.2, -0.15) is 0 Å². The maximum Gasteiger partial charge on any atom is 0.151 e. The van der Waals surface area contributed by atoms with Crippen LogP contribution in [-0.2, 0) is 0 Å². The summed E-state index contributed by atoms with van der Waals surface area (Å²) >= 11 is 0. The number of rotatable bonds is 1. The van der Waals surface area contributed by atoms with E-state index in [9.17, 15) is 8.78 Å². The Morgan fingerprint density at radius 3 is 2.00 bits per heavy atom. The van der Waals surface area contributed by atoms with E-state index in [0.717, 1.165) is 25.9 Å². The number of hydrogen-bond acceptors (Lipinski definition) is 2. The molecule has 2 N–H and O–H groups in total. The van der Waals surface area contributed by atoms with E-state index in [1.807, 2.05) is 4.90 Å². The lowest BCUT2D eigenvalue weighted by atomic mass is 9.68. The SMILES string of the molecule is Nc1cc(F)c(N2CCC3(CCCCC3)CC2)c(F)c1. The largest absolute Gasteiger partial charge is 0.399 e. The van der Waals surface area contributed by atoms with Crippen molar-refractivity contribution in [2.45, 2.75) is 44.9 Å². The zero-order valence-corrected chi connectivity index (χ0v) is 11.8. The highest BCUT2D eigenvalue weighted by Gasteiger charge is 2.36. The molecule has 4 heteroatoms. The van der Waals surface area contributed by atoms with Crippen LogP contribution in [0, 0.1) is 17.0 Å². The molecule has 1 saturated carbocycles. The van der Waals surface area contributed by atoms with Crippen LogP contribution < -0.4 is 10.6 Å². The van der Waals surface area contributed by atoms with Crippen molar-refractivity contribution in [2.75, 3.05) is 23.7 Å². The fourth-order valence-corrected chi connectivity index (χ4v) is 3.89. The molecule has 0 unspecified atom stereocenters. The van der Waals surface area contributed by atoms with Crippen LogP contribution in [0.25, 0.3) is 0 Å². The van der Waals surface area contributed by atoms with Crippen molar-refractivity contribution in [3.05, 3.63) is 23.8 Å². The van der Waals surface area contributed by atoms with Gasteiger partial charge in [0.15, 0.2) is 11.6 Å². The number of nitrogens with zero attached hydrogens (tertiary/aromatic N) is 1. The van der Waals surface area contributed by atoms with Crippen molar-refractivity contribution >= 4 is 11.4 Å². The monoisotopic (exact) mass is 280 g/mol. The van der Waals surface area contributed by atoms with Gasteiger partial charge in [0.25, 0.3) is 0 Å². The van der Waals surface area contributed by atoms with Gasteiger partial charge in [0, 0.05) is 18.8 Å². The first-order valence-corrected chi connectivity index (χ1v) is 7.59. The van der Waals surface area contributed by atoms with Gasteiger partial charge in [-0.15, -0.1) is 0 Å². The Bertz CT molecular complexity index is 462. The fourth-order valence-electron chi connectivity index (χ4n) is 3.89. The highest BCUT2D eigenvalue weighted by molar-refractivity contribution is 5.56. The van der Waals surface area contributed by atoms with E-state index in [4.69, 9.17) is 5.73 Å². The number of anilines is 2. The van der Waals surface area contributed by atoms with Crippen LogP contribution in [0.15, 0.2) is 12.1 Å². The minimum absolute atomic E-state index is 0.102. The number of nitrogen functional groups attached to an aromatic ring is 1. The summed E-state index contributed by atoms with van der Waals surface area (Å²) in [5, 5.41) is 0. The highest BCUT2D eigenvalue weighted by Crippen LogP contribution is 2.45. The molecular formula is C16H22F2N2. The third-order valence-electron chi connectivity index (χ3n) is 5.09. The molecule has 1 aliphatic carbocycles. The van der Waals surface area contributed by atoms with E-state index in [1.165, 1.54) is 44.2 Å². The van der Waals surface area contributed by atoms with Gasteiger partial charge in [-0.05, 0) is 43.2 Å². The molecule has 2 nitrogen and oxygen atoms in total. The van der Waals surface area contributed by atoms with Crippen molar-refractivity contribution in [3.63, 3.8) is 0 Å². The molecule has 2 aliphatic rings. The summed E-state index contributed by atoms with van der Waals surface area (Å²) in [6, 6.07) is 2.42. The van der Waals surface area contributed by atoms with Gasteiger partial charge in [0.05, 0.1) is 0 Å². The molecule has 2 fully saturated rings. The molecule has 0 aromatic heterocycles. The normalized spacial score (nSPS) is 22.2. The Morgan fingerprint density at radius 1 is 0.900 bits per heavy atom. The first-order valence-electron chi connectivity index (χ1n) is 7.59. The van der Waals surface area contributed by atoms with Crippen LogP contribution in [0.2, 0.25) is 0 Å². The predicted octanol–water partition coefficient (Wildman–Crippen LogP) is 4.10. The second-order valence-corrected chi connectivity index (χ2v) is 6.38. The number of halogens is 2. The summed E-state index contributed by atoms with van der Waals surface area (Å²) < 4.78 is 27.9. The molecular weight excluding hydrogens is 258 g/mol. The van der Waals surface area contributed by atoms with Gasteiger partial charge < -0.3 is 10.6 Å². The summed E-state index contributed by atoms with van der Waals surface area (Å²) in [6.45, 7) is 1.50. The van der Waals surface area contributed by atoms with Gasteiger partial charge in [-0.3, -0.25) is 0 Å². The number of nitrogens with two attached hydrogens (primary N) is 1. The van der Waals surface area contributed by atoms with Crippen molar-refractivity contribution in [1.29, 1.82) is 0 Å². The first kappa shape index (κ1) is 13.7. The molecule has 0 atom stereocenters. The second-order valence-electron chi connectivity index (χ2n) is 6.38. The molecule has 1 aliphatic heterocycles. The van der Waals surface area contributed by atoms with Crippen LogP contribution in [0.5, 0.6) is 0 Å². The molecule has 1 heterocycles. The van der Waals surface area contributed by atoms with Gasteiger partial charge in [0.1, 0.15) is 5.69 Å². The van der Waals surface area contributed by atoms with E-state index < -0.39 is 11.6 Å². The first-order chi connectivity index (χ1) is 9.60. The van der Waals surface area contributed by atoms with Gasteiger partial charge in [0.2, 0.25) is 0 Å². The number of piperidine rings is 1. The van der Waals surface area contributed by atoms with E-state index in [-0.39, 0.29) is 11.4 Å². The summed E-state index contributed by atoms with van der Waals surface area (Å²) in [6.07, 6.45) is 8.63. The zero-order valence-electron chi connectivity index (χ0n) is 11.8. The van der Waals surface area contributed by atoms with Gasteiger partial charge in [-0.1, -0.05) is 19.3 Å². The topological polar surface area (TPSA) is 29.3 Å². The van der Waals surface area contributed by atoms with Crippen LogP contribution in [0.1, 0.15) is 44.9 Å². The Kier molecular flexibility index (Phi) is 3.57. The third-order valence-corrected chi connectivity index (χ3v) is 5.09. The lowest BCUT2D eigenvalue weighted by Crippen LogP contribution is -2.41. The zero-order chi connectivity index (χ0) is 14.2. The summed E-state index contributed by atoms with van der Waals surface area (Å²) in [7, 11) is 0. The van der Waals surface area contributed by atoms with Crippen molar-refractivity contribution in [2.24, 2.45) is 5.41 Å². The molecule has 20 heavy (non-hydrogen) atoms. The fraction of sp³-hybridized carbons (Fsp3) is 0.625. The maximum absolute atomic E-state index is 14.0. The lowest BCUT2D eigenvalue weighted by molar-refractivity contribution is 0.144. The molecule has 1 spiro atoms. The predicted molar refractivity (Wildman–Crippen MR) is 77.7 cm³/mol. The molecule has 1 aromatic rings. The summed E-state index contributed by atoms with van der Waals surface area (Å²) in [4.78, 5) is 1.85. The quantitative estimate of drug-likeness (QED) is 0.785. The number of benzene rings is 1. The molecule has 0 radical (unpaired) electrons. The molecule has 3 rings (SSSR count). The minimum Gasteiger partial charge on any atom is -0.399 e. The van der Waals surface area contributed by atoms with Crippen LogP contribution in [0.4, 0.5) is 20.2 Å². The Labute approximate surface area is 118 Å². The van der Waals surface area contributed by atoms with E-state index in [0.29, 0.717) is 5.41 Å². The number of hydrogen-bond donors (Lipinski definition) is 1. The molecule has 1 aromatic carbocycles. The van der Waals surface area contributed by atoms with Gasteiger partial charge >= 0.3 is 0 Å². The smallest absolute Gasteiger partial charge is 0.151 e. The van der Waals surface area contributed by atoms with Crippen LogP contribution in [-0.4, -0.2) is 13.1 Å². The minimum atomic E-state index is -0.540. The Morgan fingerprint density at radius 2 is 1.45 bits per heavy atom. The molecule has 110 valence electrons. The third kappa shape index (κ3) is 2.48. The summed E-state index contributed by atoms with van der Waals surface area (Å²) in [5.41, 5.74) is 6.16. The maximum atomic E-state index is 14.0. The Hall–Kier alpha value is -1.32. The van der Waals surface area contributed by atoms with Gasteiger partial charge in [-0.25, -0.2) is 8.78 Å². The van der Waals surface area contributed by atoms with E-state index in [2.05, 4.69) is 0 Å².